The number of methoxy groups -OCH3 is 1. The predicted octanol–water partition coefficient (Wildman–Crippen LogP) is 4.58. The number of nitrogens with one attached hydrogen (secondary N) is 1. The number of hydrogen-bond donors (Lipinski definition) is 1. The minimum absolute atomic E-state index is 0.0575. The second-order valence-corrected chi connectivity index (χ2v) is 7.45. The van der Waals surface area contributed by atoms with Crippen LogP contribution in [0.2, 0.25) is 0 Å². The van der Waals surface area contributed by atoms with E-state index in [2.05, 4.69) is 15.5 Å². The van der Waals surface area contributed by atoms with Gasteiger partial charge in [0.15, 0.2) is 0 Å². The van der Waals surface area contributed by atoms with Crippen molar-refractivity contribution in [3.05, 3.63) is 82.4 Å². The number of rotatable bonds is 7. The molecule has 0 aliphatic heterocycles. The zero-order valence-corrected chi connectivity index (χ0v) is 16.6. The van der Waals surface area contributed by atoms with Gasteiger partial charge in [-0.2, -0.15) is 4.98 Å². The largest absolute Gasteiger partial charge is 0.497 e. The summed E-state index contributed by atoms with van der Waals surface area (Å²) in [5.41, 5.74) is 2.53. The lowest BCUT2D eigenvalue weighted by Crippen LogP contribution is -2.13. The third-order valence-electron chi connectivity index (χ3n) is 4.30. The first-order valence-electron chi connectivity index (χ1n) is 9.08. The van der Waals surface area contributed by atoms with Gasteiger partial charge in [0.1, 0.15) is 5.75 Å². The highest BCUT2D eigenvalue weighted by Gasteiger charge is 2.11. The number of anilines is 1. The normalized spacial score (nSPS) is 10.7. The molecule has 1 N–H and O–H groups in total. The molecule has 2 aromatic carbocycles. The lowest BCUT2D eigenvalue weighted by atomic mass is 10.1. The Labute approximate surface area is 172 Å². The van der Waals surface area contributed by atoms with Crippen LogP contribution in [-0.2, 0) is 17.6 Å². The molecular formula is C22H19N3O3S. The summed E-state index contributed by atoms with van der Waals surface area (Å²) in [6.45, 7) is 0. The van der Waals surface area contributed by atoms with Crippen molar-refractivity contribution in [3.8, 4) is 17.1 Å². The number of aromatic nitrogens is 2. The topological polar surface area (TPSA) is 77.2 Å². The van der Waals surface area contributed by atoms with Crippen LogP contribution >= 0.6 is 11.3 Å². The fourth-order valence-electron chi connectivity index (χ4n) is 2.87. The Bertz CT molecular complexity index is 1090. The lowest BCUT2D eigenvalue weighted by molar-refractivity contribution is -0.115. The molecule has 4 rings (SSSR count). The highest BCUT2D eigenvalue weighted by atomic mass is 32.1. The van der Waals surface area contributed by atoms with Gasteiger partial charge in [0.25, 0.3) is 0 Å². The molecule has 4 aromatic rings. The molecule has 0 aliphatic carbocycles. The predicted molar refractivity (Wildman–Crippen MR) is 112 cm³/mol. The van der Waals surface area contributed by atoms with Crippen LogP contribution in [0, 0.1) is 0 Å². The number of benzene rings is 2. The summed E-state index contributed by atoms with van der Waals surface area (Å²) in [5, 5.41) is 8.95. The number of hydrogen-bond acceptors (Lipinski definition) is 6. The van der Waals surface area contributed by atoms with Crippen molar-refractivity contribution in [1.82, 2.24) is 10.1 Å². The van der Waals surface area contributed by atoms with Crippen molar-refractivity contribution in [2.45, 2.75) is 12.8 Å². The van der Waals surface area contributed by atoms with E-state index in [0.29, 0.717) is 30.2 Å². The van der Waals surface area contributed by atoms with Gasteiger partial charge in [-0.05, 0) is 41.3 Å². The summed E-state index contributed by atoms with van der Waals surface area (Å²) >= 11 is 1.57. The van der Waals surface area contributed by atoms with Gasteiger partial charge in [0.05, 0.1) is 20.0 Å². The molecule has 0 bridgehead atoms. The van der Waals surface area contributed by atoms with E-state index in [-0.39, 0.29) is 5.91 Å². The van der Waals surface area contributed by atoms with Crippen LogP contribution in [0.3, 0.4) is 0 Å². The third-order valence-corrected chi connectivity index (χ3v) is 5.18. The van der Waals surface area contributed by atoms with Crippen LogP contribution in [0.1, 0.15) is 16.3 Å². The highest BCUT2D eigenvalue weighted by molar-refractivity contribution is 7.10. The van der Waals surface area contributed by atoms with Gasteiger partial charge in [0.2, 0.25) is 17.6 Å². The van der Waals surface area contributed by atoms with E-state index in [1.165, 1.54) is 0 Å². The molecule has 0 saturated carbocycles. The third kappa shape index (κ3) is 4.89. The second-order valence-electron chi connectivity index (χ2n) is 6.42. The molecule has 6 nitrogen and oxygen atoms in total. The molecule has 2 aromatic heterocycles. The van der Waals surface area contributed by atoms with Gasteiger partial charge in [-0.3, -0.25) is 4.79 Å². The van der Waals surface area contributed by atoms with Crippen molar-refractivity contribution in [3.63, 3.8) is 0 Å². The summed E-state index contributed by atoms with van der Waals surface area (Å²) in [4.78, 5) is 17.7. The molecule has 0 unspecified atom stereocenters. The van der Waals surface area contributed by atoms with E-state index in [1.54, 1.807) is 18.4 Å². The lowest BCUT2D eigenvalue weighted by Gasteiger charge is -2.05. The molecule has 0 fully saturated rings. The van der Waals surface area contributed by atoms with Crippen LogP contribution < -0.4 is 10.1 Å². The molecule has 0 atom stereocenters. The quantitative estimate of drug-likeness (QED) is 0.487. The van der Waals surface area contributed by atoms with Crippen LogP contribution in [0.25, 0.3) is 11.4 Å². The van der Waals surface area contributed by atoms with Gasteiger partial charge >= 0.3 is 0 Å². The van der Waals surface area contributed by atoms with Gasteiger partial charge in [-0.25, -0.2) is 0 Å². The van der Waals surface area contributed by atoms with E-state index < -0.39 is 0 Å². The number of nitrogens with zero attached hydrogens (tertiary/aromatic N) is 2. The fourth-order valence-corrected chi connectivity index (χ4v) is 3.58. The number of carbonyl (C=O) groups is 1. The first-order valence-corrected chi connectivity index (χ1v) is 9.96. The highest BCUT2D eigenvalue weighted by Crippen LogP contribution is 2.22. The second kappa shape index (κ2) is 8.70. The first kappa shape index (κ1) is 18.9. The zero-order valence-electron chi connectivity index (χ0n) is 15.8. The average Bonchev–Trinajstić information content (AvgIpc) is 3.41. The molecule has 7 heteroatoms. The number of carbonyl (C=O) groups excluding carboxylic acids is 1. The van der Waals surface area contributed by atoms with E-state index in [9.17, 15) is 4.79 Å². The monoisotopic (exact) mass is 405 g/mol. The van der Waals surface area contributed by atoms with Crippen LogP contribution in [0.5, 0.6) is 5.75 Å². The van der Waals surface area contributed by atoms with Crippen molar-refractivity contribution in [2.24, 2.45) is 0 Å². The maximum absolute atomic E-state index is 12.2. The standard InChI is InChI=1S/C22H19N3O3S/c1-27-18-9-7-15(8-10-18)12-21-24-22(25-28-21)16-4-2-5-17(13-16)23-20(26)14-19-6-3-11-29-19/h2-11,13H,12,14H2,1H3,(H,23,26). The van der Waals surface area contributed by atoms with Gasteiger partial charge in [0, 0.05) is 16.1 Å². The molecular weight excluding hydrogens is 386 g/mol. The Morgan fingerprint density at radius 3 is 2.76 bits per heavy atom. The molecule has 1 amide bonds. The molecule has 0 radical (unpaired) electrons. The Morgan fingerprint density at radius 1 is 1.14 bits per heavy atom. The number of amides is 1. The Hall–Kier alpha value is -3.45. The SMILES string of the molecule is COc1ccc(Cc2nc(-c3cccc(NC(=O)Cc4cccs4)c3)no2)cc1. The van der Waals surface area contributed by atoms with Crippen LogP contribution in [0.15, 0.2) is 70.6 Å². The van der Waals surface area contributed by atoms with Crippen LogP contribution in [-0.4, -0.2) is 23.2 Å². The maximum Gasteiger partial charge on any atom is 0.231 e. The summed E-state index contributed by atoms with van der Waals surface area (Å²) in [6.07, 6.45) is 0.893. The summed E-state index contributed by atoms with van der Waals surface area (Å²) in [6, 6.07) is 19.0. The van der Waals surface area contributed by atoms with Crippen molar-refractivity contribution >= 4 is 22.9 Å². The average molecular weight is 405 g/mol. The minimum Gasteiger partial charge on any atom is -0.497 e. The van der Waals surface area contributed by atoms with Crippen LogP contribution in [0.4, 0.5) is 5.69 Å². The van der Waals surface area contributed by atoms with Crippen molar-refractivity contribution < 1.29 is 14.1 Å². The first-order chi connectivity index (χ1) is 14.2. The fraction of sp³-hybridized carbons (Fsp3) is 0.136. The van der Waals surface area contributed by atoms with Gasteiger partial charge < -0.3 is 14.6 Å². The van der Waals surface area contributed by atoms with E-state index in [4.69, 9.17) is 9.26 Å². The van der Waals surface area contributed by atoms with E-state index in [1.807, 2.05) is 66.0 Å². The van der Waals surface area contributed by atoms with Gasteiger partial charge in [-0.1, -0.05) is 35.5 Å². The molecule has 0 aliphatic rings. The van der Waals surface area contributed by atoms with Crippen molar-refractivity contribution in [1.29, 1.82) is 0 Å². The Kier molecular flexibility index (Phi) is 5.67. The summed E-state index contributed by atoms with van der Waals surface area (Å²) in [7, 11) is 1.64. The van der Waals surface area contributed by atoms with Crippen molar-refractivity contribution in [2.75, 3.05) is 12.4 Å². The summed E-state index contributed by atoms with van der Waals surface area (Å²) < 4.78 is 10.6. The van der Waals surface area contributed by atoms with Gasteiger partial charge in [-0.15, -0.1) is 11.3 Å². The number of thiophene rings is 1. The molecule has 29 heavy (non-hydrogen) atoms. The Balaban J connectivity index is 1.43. The van der Waals surface area contributed by atoms with E-state index in [0.717, 1.165) is 21.8 Å². The maximum atomic E-state index is 12.2. The molecule has 2 heterocycles. The summed E-state index contributed by atoms with van der Waals surface area (Å²) in [5.74, 6) is 1.76. The molecule has 0 saturated heterocycles. The number of ether oxygens (including phenoxy) is 1. The van der Waals surface area contributed by atoms with E-state index >= 15 is 0 Å². The minimum atomic E-state index is -0.0575. The smallest absolute Gasteiger partial charge is 0.231 e. The molecule has 146 valence electrons. The zero-order chi connectivity index (χ0) is 20.1. The Morgan fingerprint density at radius 2 is 2.00 bits per heavy atom. The molecule has 0 spiro atoms.